The predicted molar refractivity (Wildman–Crippen MR) is 103 cm³/mol. The third-order valence-corrected chi connectivity index (χ3v) is 5.18. The van der Waals surface area contributed by atoms with E-state index in [2.05, 4.69) is 30.3 Å². The Morgan fingerprint density at radius 3 is 2.41 bits per heavy atom. The molecule has 2 aliphatic rings. The summed E-state index contributed by atoms with van der Waals surface area (Å²) in [6, 6.07) is 11.8. The van der Waals surface area contributed by atoms with Gasteiger partial charge < -0.3 is 9.80 Å². The monoisotopic (exact) mass is 382 g/mol. The quantitative estimate of drug-likeness (QED) is 0.641. The molecule has 5 rings (SSSR count). The van der Waals surface area contributed by atoms with Gasteiger partial charge in [-0.2, -0.15) is 4.68 Å². The van der Waals surface area contributed by atoms with Crippen molar-refractivity contribution in [3.05, 3.63) is 47.4 Å². The summed E-state index contributed by atoms with van der Waals surface area (Å²) < 4.78 is 1.78. The zero-order valence-electron chi connectivity index (χ0n) is 14.7. The van der Waals surface area contributed by atoms with Gasteiger partial charge in [-0.3, -0.25) is 0 Å². The van der Waals surface area contributed by atoms with Gasteiger partial charge in [-0.05, 0) is 35.4 Å². The zero-order valence-corrected chi connectivity index (χ0v) is 15.5. The molecule has 0 N–H and O–H groups in total. The van der Waals surface area contributed by atoms with Crippen molar-refractivity contribution in [2.24, 2.45) is 0 Å². The number of rotatable bonds is 4. The highest BCUT2D eigenvalue weighted by molar-refractivity contribution is 6.29. The number of benzene rings is 1. The van der Waals surface area contributed by atoms with E-state index in [1.807, 2.05) is 36.4 Å². The number of piperazine rings is 1. The van der Waals surface area contributed by atoms with E-state index in [0.29, 0.717) is 11.1 Å². The predicted octanol–water partition coefficient (Wildman–Crippen LogP) is 2.31. The van der Waals surface area contributed by atoms with E-state index < -0.39 is 0 Å². The molecule has 8 nitrogen and oxygen atoms in total. The summed E-state index contributed by atoms with van der Waals surface area (Å²) in [7, 11) is 0. The van der Waals surface area contributed by atoms with E-state index in [-0.39, 0.29) is 0 Å². The molecule has 0 amide bonds. The number of tetrazole rings is 1. The van der Waals surface area contributed by atoms with Gasteiger partial charge in [0.2, 0.25) is 5.95 Å². The second-order valence-electron chi connectivity index (χ2n) is 6.88. The fourth-order valence-electron chi connectivity index (χ4n) is 3.36. The lowest BCUT2D eigenvalue weighted by atomic mass is 10.3. The van der Waals surface area contributed by atoms with Crippen molar-refractivity contribution in [3.8, 4) is 5.69 Å². The van der Waals surface area contributed by atoms with Crippen LogP contribution >= 0.6 is 11.6 Å². The standard InChI is InChI=1S/C18H19ClN8/c19-15-12-16(21-17(20-15)13-6-7-13)25-8-10-26(11-9-25)18-22-23-24-27(18)14-4-2-1-3-5-14/h1-5,12-13H,6-11H2. The van der Waals surface area contributed by atoms with Gasteiger partial charge in [0.25, 0.3) is 0 Å². The normalized spacial score (nSPS) is 17.4. The first kappa shape index (κ1) is 16.4. The number of aromatic nitrogens is 6. The number of nitrogens with zero attached hydrogens (tertiary/aromatic N) is 8. The summed E-state index contributed by atoms with van der Waals surface area (Å²) in [6.07, 6.45) is 2.32. The number of hydrogen-bond acceptors (Lipinski definition) is 7. The van der Waals surface area contributed by atoms with Gasteiger partial charge in [0.15, 0.2) is 0 Å². The minimum Gasteiger partial charge on any atom is -0.353 e. The van der Waals surface area contributed by atoms with E-state index in [9.17, 15) is 0 Å². The highest BCUT2D eigenvalue weighted by atomic mass is 35.5. The summed E-state index contributed by atoms with van der Waals surface area (Å²) in [4.78, 5) is 13.6. The number of halogens is 1. The second kappa shape index (κ2) is 6.77. The van der Waals surface area contributed by atoms with Crippen LogP contribution in [0.3, 0.4) is 0 Å². The first-order valence-electron chi connectivity index (χ1n) is 9.16. The first-order valence-corrected chi connectivity index (χ1v) is 9.54. The molecule has 3 heterocycles. The van der Waals surface area contributed by atoms with Gasteiger partial charge >= 0.3 is 0 Å². The van der Waals surface area contributed by atoms with Crippen molar-refractivity contribution in [3.63, 3.8) is 0 Å². The molecule has 9 heteroatoms. The molecule has 27 heavy (non-hydrogen) atoms. The number of para-hydroxylation sites is 1. The molecule has 1 saturated heterocycles. The third kappa shape index (κ3) is 3.32. The lowest BCUT2D eigenvalue weighted by Gasteiger charge is -2.35. The Kier molecular flexibility index (Phi) is 4.12. The Bertz CT molecular complexity index is 932. The Hall–Kier alpha value is -2.74. The molecule has 0 atom stereocenters. The Balaban J connectivity index is 1.32. The Labute approximate surface area is 161 Å². The maximum Gasteiger partial charge on any atom is 0.250 e. The third-order valence-electron chi connectivity index (χ3n) is 4.98. The molecule has 0 bridgehead atoms. The molecular weight excluding hydrogens is 364 g/mol. The molecule has 0 unspecified atom stereocenters. The van der Waals surface area contributed by atoms with Gasteiger partial charge in [0.1, 0.15) is 16.8 Å². The maximum atomic E-state index is 6.22. The van der Waals surface area contributed by atoms with Crippen molar-refractivity contribution in [1.82, 2.24) is 30.2 Å². The van der Waals surface area contributed by atoms with Crippen LogP contribution in [-0.4, -0.2) is 56.4 Å². The van der Waals surface area contributed by atoms with Gasteiger partial charge in [-0.15, -0.1) is 0 Å². The molecule has 2 aromatic heterocycles. The van der Waals surface area contributed by atoms with Crippen LogP contribution in [-0.2, 0) is 0 Å². The van der Waals surface area contributed by atoms with Crippen LogP contribution < -0.4 is 9.80 Å². The van der Waals surface area contributed by atoms with Crippen molar-refractivity contribution < 1.29 is 0 Å². The Morgan fingerprint density at radius 2 is 1.67 bits per heavy atom. The highest BCUT2D eigenvalue weighted by Crippen LogP contribution is 2.39. The van der Waals surface area contributed by atoms with Crippen molar-refractivity contribution in [2.75, 3.05) is 36.0 Å². The van der Waals surface area contributed by atoms with Crippen LogP contribution in [0.1, 0.15) is 24.6 Å². The minimum absolute atomic E-state index is 0.485. The van der Waals surface area contributed by atoms with E-state index >= 15 is 0 Å². The van der Waals surface area contributed by atoms with Crippen LogP contribution in [0.2, 0.25) is 5.15 Å². The molecule has 1 aliphatic carbocycles. The van der Waals surface area contributed by atoms with Gasteiger partial charge in [-0.25, -0.2) is 9.97 Å². The summed E-state index contributed by atoms with van der Waals surface area (Å²) in [5, 5.41) is 12.8. The molecule has 1 saturated carbocycles. The minimum atomic E-state index is 0.485. The van der Waals surface area contributed by atoms with Crippen molar-refractivity contribution in [1.29, 1.82) is 0 Å². The Morgan fingerprint density at radius 1 is 0.926 bits per heavy atom. The average molecular weight is 383 g/mol. The van der Waals surface area contributed by atoms with E-state index in [4.69, 9.17) is 16.6 Å². The lowest BCUT2D eigenvalue weighted by Crippen LogP contribution is -2.47. The molecule has 138 valence electrons. The zero-order chi connectivity index (χ0) is 18.2. The fourth-order valence-corrected chi connectivity index (χ4v) is 3.54. The molecule has 0 spiro atoms. The van der Waals surface area contributed by atoms with Crippen molar-refractivity contribution >= 4 is 23.4 Å². The summed E-state index contributed by atoms with van der Waals surface area (Å²) in [5.74, 6) is 3.05. The van der Waals surface area contributed by atoms with Crippen LogP contribution in [0.25, 0.3) is 5.69 Å². The second-order valence-corrected chi connectivity index (χ2v) is 7.27. The van der Waals surface area contributed by atoms with Gasteiger partial charge in [-0.1, -0.05) is 34.9 Å². The average Bonchev–Trinajstić information content (AvgIpc) is 3.45. The lowest BCUT2D eigenvalue weighted by molar-refractivity contribution is 0.624. The first-order chi connectivity index (χ1) is 13.3. The van der Waals surface area contributed by atoms with Crippen LogP contribution in [0.5, 0.6) is 0 Å². The number of hydrogen-bond donors (Lipinski definition) is 0. The van der Waals surface area contributed by atoms with Crippen LogP contribution in [0.15, 0.2) is 36.4 Å². The van der Waals surface area contributed by atoms with Crippen LogP contribution in [0, 0.1) is 0 Å². The molecule has 0 radical (unpaired) electrons. The topological polar surface area (TPSA) is 75.9 Å². The molecular formula is C18H19ClN8. The number of anilines is 2. The summed E-state index contributed by atoms with van der Waals surface area (Å²) in [5.41, 5.74) is 0.955. The van der Waals surface area contributed by atoms with Gasteiger partial charge in [0.05, 0.1) is 5.69 Å². The molecule has 1 aliphatic heterocycles. The van der Waals surface area contributed by atoms with E-state index in [0.717, 1.165) is 62.3 Å². The van der Waals surface area contributed by atoms with Crippen LogP contribution in [0.4, 0.5) is 11.8 Å². The van der Waals surface area contributed by atoms with E-state index in [1.54, 1.807) is 4.68 Å². The summed E-state index contributed by atoms with van der Waals surface area (Å²) in [6.45, 7) is 3.29. The maximum absolute atomic E-state index is 6.22. The fraction of sp³-hybridized carbons (Fsp3) is 0.389. The SMILES string of the molecule is Clc1cc(N2CCN(c3nnnn3-c3ccccc3)CC2)nc(C2CC2)n1. The van der Waals surface area contributed by atoms with Gasteiger partial charge in [0, 0.05) is 38.2 Å². The van der Waals surface area contributed by atoms with Crippen molar-refractivity contribution in [2.45, 2.75) is 18.8 Å². The summed E-state index contributed by atoms with van der Waals surface area (Å²) >= 11 is 6.22. The smallest absolute Gasteiger partial charge is 0.250 e. The molecule has 2 fully saturated rings. The largest absolute Gasteiger partial charge is 0.353 e. The molecule has 3 aromatic rings. The highest BCUT2D eigenvalue weighted by Gasteiger charge is 2.29. The van der Waals surface area contributed by atoms with E-state index in [1.165, 1.54) is 0 Å². The molecule has 1 aromatic carbocycles.